The minimum atomic E-state index is -0.159. The van der Waals surface area contributed by atoms with E-state index in [2.05, 4.69) is 14.6 Å². The third-order valence-corrected chi connectivity index (χ3v) is 5.59. The van der Waals surface area contributed by atoms with E-state index in [0.717, 1.165) is 34.4 Å². The Morgan fingerprint density at radius 1 is 1.31 bits per heavy atom. The van der Waals surface area contributed by atoms with Gasteiger partial charge in [-0.25, -0.2) is 0 Å². The van der Waals surface area contributed by atoms with Gasteiger partial charge in [-0.1, -0.05) is 28.0 Å². The lowest BCUT2D eigenvalue weighted by molar-refractivity contribution is 0.101. The lowest BCUT2D eigenvalue weighted by Crippen LogP contribution is -1.98. The second-order valence-corrected chi connectivity index (χ2v) is 6.82. The summed E-state index contributed by atoms with van der Waals surface area (Å²) in [4.78, 5) is 16.7. The number of nitrogens with zero attached hydrogens (tertiary/aromatic N) is 3. The number of hydrogen-bond donors (Lipinski definition) is 0. The van der Waals surface area contributed by atoms with Crippen LogP contribution in [0.1, 0.15) is 34.1 Å². The zero-order valence-electron chi connectivity index (χ0n) is 8.38. The van der Waals surface area contributed by atoms with E-state index in [1.165, 1.54) is 11.5 Å². The van der Waals surface area contributed by atoms with Crippen molar-refractivity contribution < 1.29 is 4.79 Å². The van der Waals surface area contributed by atoms with E-state index in [4.69, 9.17) is 0 Å². The van der Waals surface area contributed by atoms with Gasteiger partial charge in [-0.3, -0.25) is 4.79 Å². The molecule has 3 rings (SSSR count). The SMILES string of the molecule is O=C(N=C1SCCS1)c1snnc1C1CC1. The summed E-state index contributed by atoms with van der Waals surface area (Å²) in [7, 11) is 0. The highest BCUT2D eigenvalue weighted by Crippen LogP contribution is 2.41. The average molecular weight is 271 g/mol. The molecule has 2 heterocycles. The van der Waals surface area contributed by atoms with Crippen molar-refractivity contribution in [3.05, 3.63) is 10.6 Å². The van der Waals surface area contributed by atoms with Crippen molar-refractivity contribution in [2.24, 2.45) is 4.99 Å². The van der Waals surface area contributed by atoms with Crippen LogP contribution in [-0.4, -0.2) is 31.4 Å². The lowest BCUT2D eigenvalue weighted by atomic mass is 10.2. The number of carbonyl (C=O) groups excluding carboxylic acids is 1. The molecule has 1 saturated heterocycles. The average Bonchev–Trinajstić information content (AvgIpc) is 2.82. The van der Waals surface area contributed by atoms with E-state index >= 15 is 0 Å². The van der Waals surface area contributed by atoms with Crippen LogP contribution in [0.2, 0.25) is 0 Å². The van der Waals surface area contributed by atoms with Gasteiger partial charge in [0.05, 0.1) is 5.69 Å². The first-order valence-corrected chi connectivity index (χ1v) is 7.80. The van der Waals surface area contributed by atoms with E-state index < -0.39 is 0 Å². The molecule has 1 amide bonds. The topological polar surface area (TPSA) is 55.2 Å². The zero-order valence-corrected chi connectivity index (χ0v) is 10.8. The highest BCUT2D eigenvalue weighted by molar-refractivity contribution is 8.41. The Bertz CT molecular complexity index is 445. The van der Waals surface area contributed by atoms with Gasteiger partial charge >= 0.3 is 0 Å². The van der Waals surface area contributed by atoms with Gasteiger partial charge in [0.1, 0.15) is 9.25 Å². The highest BCUT2D eigenvalue weighted by Gasteiger charge is 2.31. The minimum absolute atomic E-state index is 0.159. The molecule has 16 heavy (non-hydrogen) atoms. The summed E-state index contributed by atoms with van der Waals surface area (Å²) in [5.41, 5.74) is 0.868. The van der Waals surface area contributed by atoms with E-state index in [1.807, 2.05) is 0 Å². The van der Waals surface area contributed by atoms with Gasteiger partial charge in [0.2, 0.25) is 0 Å². The van der Waals surface area contributed by atoms with E-state index in [-0.39, 0.29) is 5.91 Å². The highest BCUT2D eigenvalue weighted by atomic mass is 32.2. The molecule has 2 aliphatic rings. The van der Waals surface area contributed by atoms with E-state index in [1.54, 1.807) is 23.5 Å². The number of rotatable bonds is 2. The van der Waals surface area contributed by atoms with Gasteiger partial charge in [-0.05, 0) is 24.4 Å². The van der Waals surface area contributed by atoms with Gasteiger partial charge < -0.3 is 0 Å². The molecule has 0 bridgehead atoms. The number of aromatic nitrogens is 2. The summed E-state index contributed by atoms with van der Waals surface area (Å²) >= 11 is 4.48. The van der Waals surface area contributed by atoms with Crippen LogP contribution in [-0.2, 0) is 0 Å². The van der Waals surface area contributed by atoms with Crippen molar-refractivity contribution >= 4 is 45.3 Å². The van der Waals surface area contributed by atoms with Crippen molar-refractivity contribution in [3.8, 4) is 0 Å². The molecule has 7 heteroatoms. The molecule has 4 nitrogen and oxygen atoms in total. The van der Waals surface area contributed by atoms with Gasteiger partial charge in [-0.2, -0.15) is 4.99 Å². The number of thioether (sulfide) groups is 2. The Morgan fingerprint density at radius 3 is 2.75 bits per heavy atom. The number of aliphatic imine (C=N–C) groups is 1. The standard InChI is InChI=1S/C9H9N3OS3/c13-8(10-9-14-3-4-15-9)7-6(5-1-2-5)11-12-16-7/h5H,1-4H2. The molecule has 1 aliphatic carbocycles. The van der Waals surface area contributed by atoms with Crippen LogP contribution in [0.15, 0.2) is 4.99 Å². The number of hydrogen-bond acceptors (Lipinski definition) is 6. The molecule has 1 aliphatic heterocycles. The number of amides is 1. The first-order chi connectivity index (χ1) is 7.84. The molecule has 0 N–H and O–H groups in total. The second-order valence-electron chi connectivity index (χ2n) is 3.64. The molecule has 0 atom stereocenters. The van der Waals surface area contributed by atoms with Gasteiger partial charge in [-0.15, -0.1) is 5.10 Å². The molecule has 2 fully saturated rings. The van der Waals surface area contributed by atoms with Gasteiger partial charge in [0.15, 0.2) is 0 Å². The minimum Gasteiger partial charge on any atom is -0.266 e. The first kappa shape index (κ1) is 10.7. The first-order valence-electron chi connectivity index (χ1n) is 5.05. The Kier molecular flexibility index (Phi) is 2.99. The molecule has 1 aromatic rings. The van der Waals surface area contributed by atoms with Crippen molar-refractivity contribution in [2.45, 2.75) is 18.8 Å². The molecule has 0 radical (unpaired) electrons. The summed E-state index contributed by atoms with van der Waals surface area (Å²) in [6, 6.07) is 0. The van der Waals surface area contributed by atoms with Crippen molar-refractivity contribution in [1.82, 2.24) is 9.59 Å². The molecular weight excluding hydrogens is 262 g/mol. The monoisotopic (exact) mass is 271 g/mol. The quantitative estimate of drug-likeness (QED) is 0.826. The van der Waals surface area contributed by atoms with Crippen LogP contribution in [0.25, 0.3) is 0 Å². The second kappa shape index (κ2) is 4.46. The molecule has 0 aromatic carbocycles. The normalized spacial score (nSPS) is 20.1. The zero-order chi connectivity index (χ0) is 11.0. The van der Waals surface area contributed by atoms with Crippen molar-refractivity contribution in [2.75, 3.05) is 11.5 Å². The summed E-state index contributed by atoms with van der Waals surface area (Å²) in [6.07, 6.45) is 2.26. The Hall–Kier alpha value is -0.400. The van der Waals surface area contributed by atoms with E-state index in [9.17, 15) is 4.79 Å². The maximum Gasteiger partial charge on any atom is 0.292 e. The number of carbonyl (C=O) groups is 1. The van der Waals surface area contributed by atoms with E-state index in [0.29, 0.717) is 10.8 Å². The van der Waals surface area contributed by atoms with Crippen molar-refractivity contribution in [1.29, 1.82) is 0 Å². The Balaban J connectivity index is 1.82. The van der Waals surface area contributed by atoms with Gasteiger partial charge in [0, 0.05) is 17.4 Å². The maximum atomic E-state index is 11.9. The third-order valence-electron chi connectivity index (χ3n) is 2.40. The summed E-state index contributed by atoms with van der Waals surface area (Å²) in [5, 5.41) is 4.04. The molecule has 1 aromatic heterocycles. The van der Waals surface area contributed by atoms with Crippen LogP contribution >= 0.6 is 35.1 Å². The lowest BCUT2D eigenvalue weighted by Gasteiger charge is -1.94. The summed E-state index contributed by atoms with van der Waals surface area (Å²) < 4.78 is 4.76. The largest absolute Gasteiger partial charge is 0.292 e. The Morgan fingerprint density at radius 2 is 2.06 bits per heavy atom. The van der Waals surface area contributed by atoms with Crippen LogP contribution in [0.3, 0.4) is 0 Å². The molecular formula is C9H9N3OS3. The summed E-state index contributed by atoms with van der Waals surface area (Å²) in [6.45, 7) is 0. The molecule has 84 valence electrons. The predicted octanol–water partition coefficient (Wildman–Crippen LogP) is 2.39. The van der Waals surface area contributed by atoms with Crippen LogP contribution in [0, 0.1) is 0 Å². The smallest absolute Gasteiger partial charge is 0.266 e. The van der Waals surface area contributed by atoms with Crippen LogP contribution < -0.4 is 0 Å². The molecule has 1 saturated carbocycles. The fraction of sp³-hybridized carbons (Fsp3) is 0.556. The van der Waals surface area contributed by atoms with Crippen molar-refractivity contribution in [3.63, 3.8) is 0 Å². The molecule has 0 unspecified atom stereocenters. The fourth-order valence-electron chi connectivity index (χ4n) is 1.47. The predicted molar refractivity (Wildman–Crippen MR) is 68.6 cm³/mol. The van der Waals surface area contributed by atoms with Gasteiger partial charge in [0.25, 0.3) is 5.91 Å². The van der Waals surface area contributed by atoms with Crippen LogP contribution in [0.5, 0.6) is 0 Å². The molecule has 0 spiro atoms. The fourth-order valence-corrected chi connectivity index (χ4v) is 4.25. The summed E-state index contributed by atoms with van der Waals surface area (Å²) in [5.74, 6) is 2.40. The third kappa shape index (κ3) is 2.16. The Labute approximate surface area is 105 Å². The van der Waals surface area contributed by atoms with Crippen LogP contribution in [0.4, 0.5) is 0 Å². The maximum absolute atomic E-state index is 11.9.